The zero-order chi connectivity index (χ0) is 12.1. The molecule has 1 aromatic rings. The van der Waals surface area contributed by atoms with Crippen molar-refractivity contribution >= 4 is 21.6 Å². The lowest BCUT2D eigenvalue weighted by molar-refractivity contribution is 0.127. The standard InChI is InChI=1S/C13H19BrN2O/c14-11-4-3-6-13(10-11)16-8-2-1-5-12(16)7-9-17-15/h3-4,6,10,12H,1-2,5,7-9,15H2. The Labute approximate surface area is 111 Å². The van der Waals surface area contributed by atoms with Crippen LogP contribution in [0.2, 0.25) is 0 Å². The molecule has 1 aliphatic heterocycles. The summed E-state index contributed by atoms with van der Waals surface area (Å²) in [6, 6.07) is 9.06. The van der Waals surface area contributed by atoms with E-state index in [4.69, 9.17) is 10.7 Å². The highest BCUT2D eigenvalue weighted by Crippen LogP contribution is 2.28. The van der Waals surface area contributed by atoms with Gasteiger partial charge in [0, 0.05) is 22.7 Å². The second kappa shape index (κ2) is 6.38. The van der Waals surface area contributed by atoms with Crippen molar-refractivity contribution < 1.29 is 4.84 Å². The Kier molecular flexibility index (Phi) is 4.83. The molecule has 2 N–H and O–H groups in total. The van der Waals surface area contributed by atoms with Gasteiger partial charge in [0.1, 0.15) is 0 Å². The van der Waals surface area contributed by atoms with Crippen LogP contribution in [0.25, 0.3) is 0 Å². The lowest BCUT2D eigenvalue weighted by Gasteiger charge is -2.37. The summed E-state index contributed by atoms with van der Waals surface area (Å²) >= 11 is 3.53. The molecule has 1 saturated heterocycles. The molecular weight excluding hydrogens is 280 g/mol. The maximum atomic E-state index is 5.13. The minimum absolute atomic E-state index is 0.557. The molecule has 3 nitrogen and oxygen atoms in total. The Hall–Kier alpha value is -0.580. The smallest absolute Gasteiger partial charge is 0.0698 e. The quantitative estimate of drug-likeness (QED) is 0.868. The van der Waals surface area contributed by atoms with Gasteiger partial charge in [-0.05, 0) is 43.9 Å². The summed E-state index contributed by atoms with van der Waals surface area (Å²) in [5.41, 5.74) is 1.29. The number of benzene rings is 1. The van der Waals surface area contributed by atoms with Crippen molar-refractivity contribution in [3.05, 3.63) is 28.7 Å². The topological polar surface area (TPSA) is 38.5 Å². The van der Waals surface area contributed by atoms with E-state index in [0.717, 1.165) is 17.4 Å². The molecule has 0 spiro atoms. The first-order valence-electron chi connectivity index (χ1n) is 6.15. The molecule has 1 aromatic carbocycles. The zero-order valence-corrected chi connectivity index (χ0v) is 11.5. The molecule has 4 heteroatoms. The summed E-state index contributed by atoms with van der Waals surface area (Å²) < 4.78 is 1.13. The number of piperidine rings is 1. The first kappa shape index (κ1) is 12.9. The first-order chi connectivity index (χ1) is 8.31. The van der Waals surface area contributed by atoms with Gasteiger partial charge in [-0.15, -0.1) is 0 Å². The van der Waals surface area contributed by atoms with Crippen molar-refractivity contribution in [3.8, 4) is 0 Å². The highest BCUT2D eigenvalue weighted by molar-refractivity contribution is 9.10. The van der Waals surface area contributed by atoms with Crippen LogP contribution >= 0.6 is 15.9 Å². The van der Waals surface area contributed by atoms with Crippen molar-refractivity contribution in [2.75, 3.05) is 18.1 Å². The SMILES string of the molecule is NOCCC1CCCCN1c1cccc(Br)c1. The third kappa shape index (κ3) is 3.44. The van der Waals surface area contributed by atoms with Crippen molar-refractivity contribution in [1.29, 1.82) is 0 Å². The van der Waals surface area contributed by atoms with Gasteiger partial charge in [-0.2, -0.15) is 0 Å². The molecule has 2 rings (SSSR count). The fraction of sp³-hybridized carbons (Fsp3) is 0.538. The number of halogens is 1. The van der Waals surface area contributed by atoms with Crippen LogP contribution < -0.4 is 10.8 Å². The number of nitrogens with zero attached hydrogens (tertiary/aromatic N) is 1. The van der Waals surface area contributed by atoms with Crippen LogP contribution in [0, 0.1) is 0 Å². The average molecular weight is 299 g/mol. The van der Waals surface area contributed by atoms with Crippen LogP contribution in [0.3, 0.4) is 0 Å². The normalized spacial score (nSPS) is 20.6. The maximum absolute atomic E-state index is 5.13. The second-order valence-corrected chi connectivity index (χ2v) is 5.40. The van der Waals surface area contributed by atoms with Crippen LogP contribution in [0.1, 0.15) is 25.7 Å². The maximum Gasteiger partial charge on any atom is 0.0698 e. The molecule has 1 fully saturated rings. The molecule has 1 unspecified atom stereocenters. The summed E-state index contributed by atoms with van der Waals surface area (Å²) in [5, 5.41) is 0. The van der Waals surface area contributed by atoms with Gasteiger partial charge in [0.2, 0.25) is 0 Å². The van der Waals surface area contributed by atoms with Gasteiger partial charge >= 0.3 is 0 Å². The fourth-order valence-electron chi connectivity index (χ4n) is 2.50. The monoisotopic (exact) mass is 298 g/mol. The summed E-state index contributed by atoms with van der Waals surface area (Å²) in [6.07, 6.45) is 4.81. The number of hydrogen-bond acceptors (Lipinski definition) is 3. The van der Waals surface area contributed by atoms with Crippen molar-refractivity contribution in [3.63, 3.8) is 0 Å². The molecular formula is C13H19BrN2O. The molecule has 0 aromatic heterocycles. The van der Waals surface area contributed by atoms with Crippen LogP contribution in [-0.2, 0) is 4.84 Å². The van der Waals surface area contributed by atoms with Gasteiger partial charge in [-0.1, -0.05) is 22.0 Å². The Morgan fingerprint density at radius 1 is 1.41 bits per heavy atom. The Morgan fingerprint density at radius 2 is 2.29 bits per heavy atom. The number of rotatable bonds is 4. The molecule has 1 atom stereocenters. The largest absolute Gasteiger partial charge is 0.368 e. The highest BCUT2D eigenvalue weighted by atomic mass is 79.9. The summed E-state index contributed by atoms with van der Waals surface area (Å²) in [4.78, 5) is 7.20. The predicted molar refractivity (Wildman–Crippen MR) is 73.9 cm³/mol. The lowest BCUT2D eigenvalue weighted by atomic mass is 9.99. The van der Waals surface area contributed by atoms with E-state index in [1.165, 1.54) is 24.9 Å². The number of nitrogens with two attached hydrogens (primary N) is 1. The fourth-order valence-corrected chi connectivity index (χ4v) is 2.89. The predicted octanol–water partition coefficient (Wildman–Crippen LogP) is 3.09. The van der Waals surface area contributed by atoms with E-state index in [1.807, 2.05) is 0 Å². The van der Waals surface area contributed by atoms with E-state index in [1.54, 1.807) is 0 Å². The van der Waals surface area contributed by atoms with Gasteiger partial charge < -0.3 is 9.74 Å². The van der Waals surface area contributed by atoms with E-state index in [9.17, 15) is 0 Å². The molecule has 17 heavy (non-hydrogen) atoms. The minimum Gasteiger partial charge on any atom is -0.368 e. The van der Waals surface area contributed by atoms with E-state index >= 15 is 0 Å². The highest BCUT2D eigenvalue weighted by Gasteiger charge is 2.22. The van der Waals surface area contributed by atoms with Crippen LogP contribution in [0.15, 0.2) is 28.7 Å². The van der Waals surface area contributed by atoms with E-state index < -0.39 is 0 Å². The van der Waals surface area contributed by atoms with Crippen LogP contribution in [0.5, 0.6) is 0 Å². The van der Waals surface area contributed by atoms with Gasteiger partial charge in [0.05, 0.1) is 6.61 Å². The van der Waals surface area contributed by atoms with Gasteiger partial charge in [-0.25, -0.2) is 5.90 Å². The molecule has 94 valence electrons. The molecule has 0 aliphatic carbocycles. The van der Waals surface area contributed by atoms with Gasteiger partial charge in [0.25, 0.3) is 0 Å². The molecule has 0 amide bonds. The third-order valence-corrected chi connectivity index (χ3v) is 3.83. The van der Waals surface area contributed by atoms with Crippen molar-refractivity contribution in [1.82, 2.24) is 0 Å². The van der Waals surface area contributed by atoms with E-state index in [2.05, 4.69) is 45.1 Å². The van der Waals surface area contributed by atoms with Gasteiger partial charge in [0.15, 0.2) is 0 Å². The minimum atomic E-state index is 0.557. The number of anilines is 1. The van der Waals surface area contributed by atoms with Crippen molar-refractivity contribution in [2.45, 2.75) is 31.7 Å². The Bertz CT molecular complexity index is 359. The van der Waals surface area contributed by atoms with Crippen molar-refractivity contribution in [2.24, 2.45) is 5.90 Å². The molecule has 0 radical (unpaired) electrons. The van der Waals surface area contributed by atoms with Gasteiger partial charge in [-0.3, -0.25) is 0 Å². The van der Waals surface area contributed by atoms with Crippen LogP contribution in [-0.4, -0.2) is 19.2 Å². The summed E-state index contributed by atoms with van der Waals surface area (Å²) in [5.74, 6) is 5.13. The van der Waals surface area contributed by atoms with E-state index in [0.29, 0.717) is 12.6 Å². The summed E-state index contributed by atoms with van der Waals surface area (Å²) in [6.45, 7) is 1.76. The molecule has 1 heterocycles. The molecule has 0 bridgehead atoms. The lowest BCUT2D eigenvalue weighted by Crippen LogP contribution is -2.40. The average Bonchev–Trinajstić information content (AvgIpc) is 2.37. The van der Waals surface area contributed by atoms with Crippen LogP contribution in [0.4, 0.5) is 5.69 Å². The second-order valence-electron chi connectivity index (χ2n) is 4.48. The third-order valence-electron chi connectivity index (χ3n) is 3.34. The Balaban J connectivity index is 2.10. The first-order valence-corrected chi connectivity index (χ1v) is 6.94. The number of hydrogen-bond donors (Lipinski definition) is 1. The molecule has 0 saturated carbocycles. The van der Waals surface area contributed by atoms with E-state index in [-0.39, 0.29) is 0 Å². The molecule has 1 aliphatic rings. The zero-order valence-electron chi connectivity index (χ0n) is 9.94. The Morgan fingerprint density at radius 3 is 3.06 bits per heavy atom. The summed E-state index contributed by atoms with van der Waals surface area (Å²) in [7, 11) is 0.